The Morgan fingerprint density at radius 1 is 1.56 bits per heavy atom. The molecule has 2 rings (SSSR count). The molecular formula is C9H13N3O5S. The van der Waals surface area contributed by atoms with Crippen molar-refractivity contribution in [2.75, 3.05) is 6.61 Å². The zero-order valence-corrected chi connectivity index (χ0v) is 10.1. The third kappa shape index (κ3) is 1.99. The molecule has 1 aliphatic heterocycles. The predicted molar refractivity (Wildman–Crippen MR) is 61.0 cm³/mol. The lowest BCUT2D eigenvalue weighted by Crippen LogP contribution is -2.33. The normalized spacial score (nSPS) is 31.8. The molecule has 1 unspecified atom stereocenters. The highest BCUT2D eigenvalue weighted by atomic mass is 32.1. The first-order valence-corrected chi connectivity index (χ1v) is 5.60. The van der Waals surface area contributed by atoms with Crippen molar-refractivity contribution in [3.8, 4) is 0 Å². The minimum atomic E-state index is -1.26. The lowest BCUT2D eigenvalue weighted by molar-refractivity contribution is -0.0563. The maximum absolute atomic E-state index is 11.0. The van der Waals surface area contributed by atoms with Gasteiger partial charge in [-0.1, -0.05) is 0 Å². The Morgan fingerprint density at radius 3 is 2.67 bits per heavy atom. The average Bonchev–Trinajstić information content (AvgIpc) is 2.82. The van der Waals surface area contributed by atoms with E-state index in [4.69, 9.17) is 15.6 Å². The summed E-state index contributed by atoms with van der Waals surface area (Å²) in [5.74, 6) is -0.759. The Bertz CT molecular complexity index is 465. The van der Waals surface area contributed by atoms with E-state index in [2.05, 4.69) is 17.6 Å². The predicted octanol–water partition coefficient (Wildman–Crippen LogP) is -2.12. The van der Waals surface area contributed by atoms with Crippen LogP contribution in [0, 0.1) is 0 Å². The number of primary amides is 1. The SMILES string of the molecule is NC(=O)c1ncn(C2O[C@H](CO)[C@@H](O)[C@H]2O)c1S. The number of carbonyl (C=O) groups is 1. The van der Waals surface area contributed by atoms with Crippen LogP contribution >= 0.6 is 12.6 Å². The van der Waals surface area contributed by atoms with E-state index >= 15 is 0 Å². The number of nitrogens with zero attached hydrogens (tertiary/aromatic N) is 2. The summed E-state index contributed by atoms with van der Waals surface area (Å²) in [7, 11) is 0. The van der Waals surface area contributed by atoms with E-state index in [0.717, 1.165) is 0 Å². The molecule has 1 aromatic rings. The number of hydrogen-bond acceptors (Lipinski definition) is 7. The molecule has 100 valence electrons. The van der Waals surface area contributed by atoms with E-state index < -0.39 is 37.1 Å². The van der Waals surface area contributed by atoms with Gasteiger partial charge in [-0.15, -0.1) is 12.6 Å². The molecule has 0 radical (unpaired) electrons. The number of thiol groups is 1. The van der Waals surface area contributed by atoms with Crippen molar-refractivity contribution in [3.63, 3.8) is 0 Å². The van der Waals surface area contributed by atoms with Crippen LogP contribution in [0.15, 0.2) is 11.4 Å². The van der Waals surface area contributed by atoms with Gasteiger partial charge in [0, 0.05) is 0 Å². The van der Waals surface area contributed by atoms with Gasteiger partial charge in [0.15, 0.2) is 11.9 Å². The average molecular weight is 275 g/mol. The number of imidazole rings is 1. The second-order valence-electron chi connectivity index (χ2n) is 3.92. The molecule has 1 fully saturated rings. The lowest BCUT2D eigenvalue weighted by atomic mass is 10.1. The van der Waals surface area contributed by atoms with E-state index in [-0.39, 0.29) is 10.7 Å². The number of nitrogens with two attached hydrogens (primary N) is 1. The van der Waals surface area contributed by atoms with Gasteiger partial charge in [0.1, 0.15) is 23.3 Å². The molecule has 1 aromatic heterocycles. The van der Waals surface area contributed by atoms with Crippen molar-refractivity contribution in [2.45, 2.75) is 29.6 Å². The van der Waals surface area contributed by atoms with E-state index in [1.165, 1.54) is 10.9 Å². The Morgan fingerprint density at radius 2 is 2.22 bits per heavy atom. The minimum absolute atomic E-state index is 0.0592. The third-order valence-corrected chi connectivity index (χ3v) is 3.24. The second-order valence-corrected chi connectivity index (χ2v) is 4.34. The van der Waals surface area contributed by atoms with Crippen molar-refractivity contribution in [1.82, 2.24) is 9.55 Å². The lowest BCUT2D eigenvalue weighted by Gasteiger charge is -2.17. The van der Waals surface area contributed by atoms with Gasteiger partial charge in [0.2, 0.25) is 0 Å². The van der Waals surface area contributed by atoms with Gasteiger partial charge in [-0.25, -0.2) is 4.98 Å². The molecule has 2 heterocycles. The van der Waals surface area contributed by atoms with Crippen LogP contribution in [0.5, 0.6) is 0 Å². The molecule has 0 bridgehead atoms. The zero-order chi connectivity index (χ0) is 13.4. The minimum Gasteiger partial charge on any atom is -0.394 e. The van der Waals surface area contributed by atoms with Gasteiger partial charge in [-0.2, -0.15) is 0 Å². The van der Waals surface area contributed by atoms with Crippen LogP contribution in [0.4, 0.5) is 0 Å². The van der Waals surface area contributed by atoms with E-state index in [9.17, 15) is 15.0 Å². The summed E-state index contributed by atoms with van der Waals surface area (Å²) >= 11 is 4.07. The number of rotatable bonds is 3. The van der Waals surface area contributed by atoms with Gasteiger partial charge in [-0.3, -0.25) is 9.36 Å². The molecule has 4 atom stereocenters. The van der Waals surface area contributed by atoms with Crippen molar-refractivity contribution < 1.29 is 24.9 Å². The summed E-state index contributed by atoms with van der Waals surface area (Å²) in [6, 6.07) is 0. The van der Waals surface area contributed by atoms with Crippen molar-refractivity contribution in [1.29, 1.82) is 0 Å². The van der Waals surface area contributed by atoms with Gasteiger partial charge in [0.05, 0.1) is 12.9 Å². The summed E-state index contributed by atoms with van der Waals surface area (Å²) < 4.78 is 6.54. The number of aromatic nitrogens is 2. The largest absolute Gasteiger partial charge is 0.394 e. The van der Waals surface area contributed by atoms with E-state index in [0.29, 0.717) is 0 Å². The first-order chi connectivity index (χ1) is 8.47. The Hall–Kier alpha value is -1.13. The number of carbonyl (C=O) groups excluding carboxylic acids is 1. The topological polar surface area (TPSA) is 131 Å². The molecule has 1 amide bonds. The Balaban J connectivity index is 2.30. The fraction of sp³-hybridized carbons (Fsp3) is 0.556. The first kappa shape index (κ1) is 13.3. The number of ether oxygens (including phenoxy) is 1. The van der Waals surface area contributed by atoms with Gasteiger partial charge >= 0.3 is 0 Å². The molecule has 1 saturated heterocycles. The van der Waals surface area contributed by atoms with Crippen LogP contribution in [0.1, 0.15) is 16.7 Å². The van der Waals surface area contributed by atoms with E-state index in [1.54, 1.807) is 0 Å². The molecule has 0 aromatic carbocycles. The second kappa shape index (κ2) is 4.86. The maximum atomic E-state index is 11.0. The number of aliphatic hydroxyl groups is 3. The van der Waals surface area contributed by atoms with Crippen LogP contribution in [0.25, 0.3) is 0 Å². The fourth-order valence-electron chi connectivity index (χ4n) is 1.82. The van der Waals surface area contributed by atoms with Crippen LogP contribution < -0.4 is 5.73 Å². The summed E-state index contributed by atoms with van der Waals surface area (Å²) in [6.45, 7) is -0.437. The van der Waals surface area contributed by atoms with Crippen molar-refractivity contribution >= 4 is 18.5 Å². The van der Waals surface area contributed by atoms with Crippen LogP contribution in [-0.4, -0.2) is 55.7 Å². The molecular weight excluding hydrogens is 262 g/mol. The summed E-state index contributed by atoms with van der Waals surface area (Å²) in [5, 5.41) is 28.5. The van der Waals surface area contributed by atoms with Crippen LogP contribution in [0.3, 0.4) is 0 Å². The summed E-state index contributed by atoms with van der Waals surface area (Å²) in [4.78, 5) is 14.8. The Labute approximate surface area is 107 Å². The highest BCUT2D eigenvalue weighted by Crippen LogP contribution is 2.31. The fourth-order valence-corrected chi connectivity index (χ4v) is 2.16. The van der Waals surface area contributed by atoms with Crippen molar-refractivity contribution in [2.24, 2.45) is 5.73 Å². The smallest absolute Gasteiger partial charge is 0.270 e. The summed E-state index contributed by atoms with van der Waals surface area (Å²) in [5.41, 5.74) is 5.03. The Kier molecular flexibility index (Phi) is 3.59. The standard InChI is InChI=1S/C9H13N3O5S/c10-7(16)4-9(18)12(2-11-4)8-6(15)5(14)3(1-13)17-8/h2-3,5-6,8,13-15,18H,1H2,(H2,10,16)/t3-,5-,6-,8?/m1/s1. The van der Waals surface area contributed by atoms with Crippen molar-refractivity contribution in [3.05, 3.63) is 12.0 Å². The summed E-state index contributed by atoms with van der Waals surface area (Å²) in [6.07, 6.45) is -3.15. The molecule has 5 N–H and O–H groups in total. The van der Waals surface area contributed by atoms with Crippen LogP contribution in [0.2, 0.25) is 0 Å². The monoisotopic (exact) mass is 275 g/mol. The molecule has 9 heteroatoms. The first-order valence-electron chi connectivity index (χ1n) is 5.15. The number of aliphatic hydroxyl groups excluding tert-OH is 3. The molecule has 8 nitrogen and oxygen atoms in total. The molecule has 0 saturated carbocycles. The van der Waals surface area contributed by atoms with Gasteiger partial charge in [0.25, 0.3) is 5.91 Å². The highest BCUT2D eigenvalue weighted by Gasteiger charge is 2.44. The number of amides is 1. The van der Waals surface area contributed by atoms with Gasteiger partial charge < -0.3 is 25.8 Å². The zero-order valence-electron chi connectivity index (χ0n) is 9.17. The van der Waals surface area contributed by atoms with E-state index in [1.807, 2.05) is 0 Å². The van der Waals surface area contributed by atoms with Gasteiger partial charge in [-0.05, 0) is 0 Å². The third-order valence-electron chi connectivity index (χ3n) is 2.79. The maximum Gasteiger partial charge on any atom is 0.270 e. The van der Waals surface area contributed by atoms with Crippen LogP contribution in [-0.2, 0) is 4.74 Å². The number of hydrogen-bond donors (Lipinski definition) is 5. The highest BCUT2D eigenvalue weighted by molar-refractivity contribution is 7.80. The molecule has 0 spiro atoms. The molecule has 1 aliphatic rings. The molecule has 18 heavy (non-hydrogen) atoms. The molecule has 0 aliphatic carbocycles. The quantitative estimate of drug-likeness (QED) is 0.401.